The van der Waals surface area contributed by atoms with Crippen molar-refractivity contribution < 1.29 is 0 Å². The Morgan fingerprint density at radius 3 is 3.00 bits per heavy atom. The molecule has 0 bridgehead atoms. The predicted molar refractivity (Wildman–Crippen MR) is 72.8 cm³/mol. The Morgan fingerprint density at radius 2 is 2.22 bits per heavy atom. The second-order valence-corrected chi connectivity index (χ2v) is 5.81. The van der Waals surface area contributed by atoms with Crippen LogP contribution in [0.3, 0.4) is 0 Å². The lowest BCUT2D eigenvalue weighted by molar-refractivity contribution is 0.197. The predicted octanol–water partition coefficient (Wildman–Crippen LogP) is 1.51. The van der Waals surface area contributed by atoms with Gasteiger partial charge >= 0.3 is 0 Å². The summed E-state index contributed by atoms with van der Waals surface area (Å²) >= 11 is 0. The zero-order chi connectivity index (χ0) is 12.4. The fourth-order valence-electron chi connectivity index (χ4n) is 3.24. The van der Waals surface area contributed by atoms with Gasteiger partial charge in [-0.05, 0) is 19.9 Å². The van der Waals surface area contributed by atoms with Crippen molar-refractivity contribution in [3.05, 3.63) is 17.7 Å². The van der Waals surface area contributed by atoms with Crippen LogP contribution in [-0.4, -0.2) is 47.6 Å². The highest BCUT2D eigenvalue weighted by Crippen LogP contribution is 2.32. The molecule has 4 heteroatoms. The first-order chi connectivity index (χ1) is 8.83. The Bertz CT molecular complexity index is 381. The highest BCUT2D eigenvalue weighted by Gasteiger charge is 2.22. The first kappa shape index (κ1) is 12.2. The van der Waals surface area contributed by atoms with E-state index in [4.69, 9.17) is 0 Å². The Kier molecular flexibility index (Phi) is 3.66. The summed E-state index contributed by atoms with van der Waals surface area (Å²) in [7, 11) is 2.21. The van der Waals surface area contributed by atoms with Crippen molar-refractivity contribution in [1.29, 1.82) is 0 Å². The third-order valence-corrected chi connectivity index (χ3v) is 4.52. The molecular weight excluding hydrogens is 224 g/mol. The number of hydrogen-bond donors (Lipinski definition) is 2. The third-order valence-electron chi connectivity index (χ3n) is 4.52. The first-order valence-electron chi connectivity index (χ1n) is 7.27. The van der Waals surface area contributed by atoms with Crippen molar-refractivity contribution >= 4 is 0 Å². The molecule has 2 heterocycles. The maximum absolute atomic E-state index is 4.58. The van der Waals surface area contributed by atoms with Crippen molar-refractivity contribution in [3.63, 3.8) is 0 Å². The van der Waals surface area contributed by atoms with Crippen LogP contribution in [0, 0.1) is 0 Å². The van der Waals surface area contributed by atoms with E-state index in [2.05, 4.69) is 33.4 Å². The fraction of sp³-hybridized carbons (Fsp3) is 0.786. The number of nitrogens with zero attached hydrogens (tertiary/aromatic N) is 2. The van der Waals surface area contributed by atoms with Crippen molar-refractivity contribution in [1.82, 2.24) is 20.2 Å². The Morgan fingerprint density at radius 1 is 1.39 bits per heavy atom. The van der Waals surface area contributed by atoms with Gasteiger partial charge in [-0.25, -0.2) is 4.98 Å². The molecule has 0 aromatic carbocycles. The first-order valence-corrected chi connectivity index (χ1v) is 7.27. The Balaban J connectivity index is 1.62. The molecule has 1 saturated heterocycles. The van der Waals surface area contributed by atoms with E-state index in [1.807, 2.05) is 0 Å². The smallest absolute Gasteiger partial charge is 0.107 e. The summed E-state index contributed by atoms with van der Waals surface area (Å²) in [6.45, 7) is 3.33. The normalized spacial score (nSPS) is 26.8. The standard InChI is InChI=1S/C14H24N4/c1-18-7-6-15-9-12(18)8-14-16-10-13(17-14)11-4-2-3-5-11/h10-12,15H,2-9H2,1H3,(H,16,17). The monoisotopic (exact) mass is 248 g/mol. The van der Waals surface area contributed by atoms with Gasteiger partial charge in [0, 0.05) is 49.9 Å². The molecule has 0 amide bonds. The molecule has 1 atom stereocenters. The molecule has 2 fully saturated rings. The SMILES string of the molecule is CN1CCNCC1Cc1ncc(C2CCCC2)[nH]1. The van der Waals surface area contributed by atoms with Crippen LogP contribution < -0.4 is 5.32 Å². The van der Waals surface area contributed by atoms with E-state index in [-0.39, 0.29) is 0 Å². The molecule has 18 heavy (non-hydrogen) atoms. The molecule has 1 aromatic rings. The molecule has 0 radical (unpaired) electrons. The van der Waals surface area contributed by atoms with Crippen molar-refractivity contribution in [3.8, 4) is 0 Å². The van der Waals surface area contributed by atoms with Gasteiger partial charge in [0.2, 0.25) is 0 Å². The number of nitrogens with one attached hydrogen (secondary N) is 2. The van der Waals surface area contributed by atoms with Gasteiger partial charge in [0.25, 0.3) is 0 Å². The summed E-state index contributed by atoms with van der Waals surface area (Å²) in [5.74, 6) is 1.91. The lowest BCUT2D eigenvalue weighted by Gasteiger charge is -2.32. The summed E-state index contributed by atoms with van der Waals surface area (Å²) < 4.78 is 0. The van der Waals surface area contributed by atoms with Gasteiger partial charge in [-0.15, -0.1) is 0 Å². The van der Waals surface area contributed by atoms with E-state index in [0.717, 1.165) is 37.8 Å². The maximum atomic E-state index is 4.58. The van der Waals surface area contributed by atoms with E-state index in [9.17, 15) is 0 Å². The molecule has 0 spiro atoms. The Hall–Kier alpha value is -0.870. The molecule has 4 nitrogen and oxygen atoms in total. The average molecular weight is 248 g/mol. The minimum absolute atomic E-state index is 0.585. The number of piperazine rings is 1. The lowest BCUT2D eigenvalue weighted by atomic mass is 10.1. The fourth-order valence-corrected chi connectivity index (χ4v) is 3.24. The zero-order valence-electron chi connectivity index (χ0n) is 11.3. The van der Waals surface area contributed by atoms with Crippen LogP contribution in [0.1, 0.15) is 43.1 Å². The molecule has 3 rings (SSSR count). The van der Waals surface area contributed by atoms with Gasteiger partial charge in [0.1, 0.15) is 5.82 Å². The van der Waals surface area contributed by atoms with Crippen LogP contribution in [0.2, 0.25) is 0 Å². The summed E-state index contributed by atoms with van der Waals surface area (Å²) in [5, 5.41) is 3.46. The quantitative estimate of drug-likeness (QED) is 0.852. The molecule has 1 aromatic heterocycles. The van der Waals surface area contributed by atoms with Gasteiger partial charge in [0.05, 0.1) is 0 Å². The third kappa shape index (κ3) is 2.59. The van der Waals surface area contributed by atoms with E-state index in [0.29, 0.717) is 6.04 Å². The highest BCUT2D eigenvalue weighted by molar-refractivity contribution is 5.10. The molecular formula is C14H24N4. The van der Waals surface area contributed by atoms with E-state index in [1.54, 1.807) is 0 Å². The van der Waals surface area contributed by atoms with Crippen LogP contribution >= 0.6 is 0 Å². The second-order valence-electron chi connectivity index (χ2n) is 5.81. The molecule has 1 aliphatic heterocycles. The summed E-state index contributed by atoms with van der Waals surface area (Å²) in [5.41, 5.74) is 1.37. The van der Waals surface area contributed by atoms with Crippen molar-refractivity contribution in [2.24, 2.45) is 0 Å². The van der Waals surface area contributed by atoms with Gasteiger partial charge in [-0.1, -0.05) is 12.8 Å². The summed E-state index contributed by atoms with van der Waals surface area (Å²) in [6.07, 6.45) is 8.56. The molecule has 1 saturated carbocycles. The largest absolute Gasteiger partial charge is 0.346 e. The number of imidazole rings is 1. The maximum Gasteiger partial charge on any atom is 0.107 e. The van der Waals surface area contributed by atoms with E-state index in [1.165, 1.54) is 31.4 Å². The number of aromatic nitrogens is 2. The van der Waals surface area contributed by atoms with Crippen LogP contribution in [-0.2, 0) is 6.42 Å². The van der Waals surface area contributed by atoms with E-state index >= 15 is 0 Å². The van der Waals surface area contributed by atoms with Crippen LogP contribution in [0.4, 0.5) is 0 Å². The molecule has 100 valence electrons. The number of aromatic amines is 1. The molecule has 2 aliphatic rings. The minimum atomic E-state index is 0.585. The van der Waals surface area contributed by atoms with Crippen LogP contribution in [0.5, 0.6) is 0 Å². The topological polar surface area (TPSA) is 44.0 Å². The number of H-pyrrole nitrogens is 1. The van der Waals surface area contributed by atoms with Crippen LogP contribution in [0.15, 0.2) is 6.20 Å². The molecule has 2 N–H and O–H groups in total. The van der Waals surface area contributed by atoms with Gasteiger partial charge in [0.15, 0.2) is 0 Å². The molecule has 1 unspecified atom stereocenters. The second kappa shape index (κ2) is 5.41. The van der Waals surface area contributed by atoms with Gasteiger partial charge in [-0.3, -0.25) is 0 Å². The minimum Gasteiger partial charge on any atom is -0.346 e. The summed E-state index contributed by atoms with van der Waals surface area (Å²) in [6, 6.07) is 0.585. The van der Waals surface area contributed by atoms with Gasteiger partial charge < -0.3 is 15.2 Å². The van der Waals surface area contributed by atoms with Crippen molar-refractivity contribution in [2.45, 2.75) is 44.1 Å². The Labute approximate surface area is 109 Å². The zero-order valence-corrected chi connectivity index (χ0v) is 11.3. The number of likely N-dealkylation sites (N-methyl/N-ethyl adjacent to an activating group) is 1. The van der Waals surface area contributed by atoms with Crippen molar-refractivity contribution in [2.75, 3.05) is 26.7 Å². The highest BCUT2D eigenvalue weighted by atomic mass is 15.2. The van der Waals surface area contributed by atoms with Gasteiger partial charge in [-0.2, -0.15) is 0 Å². The lowest BCUT2D eigenvalue weighted by Crippen LogP contribution is -2.50. The molecule has 1 aliphatic carbocycles. The average Bonchev–Trinajstić information content (AvgIpc) is 3.02. The van der Waals surface area contributed by atoms with E-state index < -0.39 is 0 Å². The number of rotatable bonds is 3. The summed E-state index contributed by atoms with van der Waals surface area (Å²) in [4.78, 5) is 10.6. The van der Waals surface area contributed by atoms with Crippen LogP contribution in [0.25, 0.3) is 0 Å². The number of hydrogen-bond acceptors (Lipinski definition) is 3.